The molecule has 1 atom stereocenters. The van der Waals surface area contributed by atoms with Gasteiger partial charge in [-0.25, -0.2) is 4.98 Å². The zero-order valence-electron chi connectivity index (χ0n) is 17.6. The monoisotopic (exact) mass is 450 g/mol. The number of methoxy groups -OCH3 is 1. The summed E-state index contributed by atoms with van der Waals surface area (Å²) >= 11 is 1.35. The SMILES string of the molecule is COc1ccccc1NC(=O)C1CC(=O)Nc2nc(SCc3ccc(C)cc3)[nH]c(=O)c21. The van der Waals surface area contributed by atoms with Crippen LogP contribution in [0.25, 0.3) is 0 Å². The third-order valence-corrected chi connectivity index (χ3v) is 6.05. The van der Waals surface area contributed by atoms with Crippen molar-refractivity contribution in [2.45, 2.75) is 30.2 Å². The van der Waals surface area contributed by atoms with E-state index in [1.165, 1.54) is 24.4 Å². The second-order valence-electron chi connectivity index (χ2n) is 7.40. The summed E-state index contributed by atoms with van der Waals surface area (Å²) in [6, 6.07) is 15.0. The molecule has 0 aliphatic carbocycles. The average Bonchev–Trinajstić information content (AvgIpc) is 2.78. The Balaban J connectivity index is 1.57. The first kappa shape index (κ1) is 21.6. The molecule has 0 saturated heterocycles. The number of para-hydroxylation sites is 2. The first-order chi connectivity index (χ1) is 15.4. The third kappa shape index (κ3) is 4.67. The number of aromatic amines is 1. The molecule has 1 aliphatic heterocycles. The quantitative estimate of drug-likeness (QED) is 0.392. The highest BCUT2D eigenvalue weighted by molar-refractivity contribution is 7.98. The van der Waals surface area contributed by atoms with Gasteiger partial charge < -0.3 is 20.4 Å². The van der Waals surface area contributed by atoms with E-state index in [1.54, 1.807) is 24.3 Å². The van der Waals surface area contributed by atoms with Crippen LogP contribution >= 0.6 is 11.8 Å². The molecule has 2 amide bonds. The molecule has 0 bridgehead atoms. The summed E-state index contributed by atoms with van der Waals surface area (Å²) in [7, 11) is 1.50. The van der Waals surface area contributed by atoms with E-state index in [0.717, 1.165) is 5.56 Å². The lowest BCUT2D eigenvalue weighted by molar-refractivity contribution is -0.123. The molecular weight excluding hydrogens is 428 g/mol. The van der Waals surface area contributed by atoms with Crippen LogP contribution in [-0.4, -0.2) is 28.9 Å². The van der Waals surface area contributed by atoms with Crippen LogP contribution < -0.4 is 20.9 Å². The van der Waals surface area contributed by atoms with Gasteiger partial charge in [-0.2, -0.15) is 0 Å². The Morgan fingerprint density at radius 1 is 1.19 bits per heavy atom. The van der Waals surface area contributed by atoms with Gasteiger partial charge in [0.05, 0.1) is 24.3 Å². The van der Waals surface area contributed by atoms with E-state index >= 15 is 0 Å². The van der Waals surface area contributed by atoms with Gasteiger partial charge in [0.15, 0.2) is 5.16 Å². The fraction of sp³-hybridized carbons (Fsp3) is 0.217. The third-order valence-electron chi connectivity index (χ3n) is 5.11. The number of nitrogens with zero attached hydrogens (tertiary/aromatic N) is 1. The number of ether oxygens (including phenoxy) is 1. The van der Waals surface area contributed by atoms with E-state index in [4.69, 9.17) is 4.74 Å². The minimum atomic E-state index is -0.962. The molecule has 0 radical (unpaired) electrons. The van der Waals surface area contributed by atoms with Crippen molar-refractivity contribution in [1.29, 1.82) is 0 Å². The Morgan fingerprint density at radius 3 is 2.69 bits per heavy atom. The maximum Gasteiger partial charge on any atom is 0.257 e. The van der Waals surface area contributed by atoms with Crippen LogP contribution in [0.5, 0.6) is 5.75 Å². The van der Waals surface area contributed by atoms with Crippen molar-refractivity contribution in [3.8, 4) is 5.75 Å². The summed E-state index contributed by atoms with van der Waals surface area (Å²) in [6.45, 7) is 2.02. The highest BCUT2D eigenvalue weighted by Crippen LogP contribution is 2.32. The van der Waals surface area contributed by atoms with Crippen molar-refractivity contribution in [3.63, 3.8) is 0 Å². The molecule has 1 unspecified atom stereocenters. The van der Waals surface area contributed by atoms with E-state index < -0.39 is 17.4 Å². The molecule has 1 aliphatic rings. The minimum absolute atomic E-state index is 0.122. The van der Waals surface area contributed by atoms with E-state index in [-0.39, 0.29) is 23.7 Å². The molecule has 8 nitrogen and oxygen atoms in total. The summed E-state index contributed by atoms with van der Waals surface area (Å²) in [6.07, 6.45) is -0.144. The molecule has 2 heterocycles. The van der Waals surface area contributed by atoms with Crippen LogP contribution in [0.3, 0.4) is 0 Å². The maximum absolute atomic E-state index is 13.0. The van der Waals surface area contributed by atoms with Gasteiger partial charge in [-0.05, 0) is 24.6 Å². The zero-order chi connectivity index (χ0) is 22.7. The van der Waals surface area contributed by atoms with Crippen molar-refractivity contribution in [3.05, 3.63) is 75.6 Å². The molecule has 0 saturated carbocycles. The average molecular weight is 451 g/mol. The van der Waals surface area contributed by atoms with Gasteiger partial charge in [0.1, 0.15) is 11.6 Å². The summed E-state index contributed by atoms with van der Waals surface area (Å²) in [4.78, 5) is 45.3. The van der Waals surface area contributed by atoms with Crippen LogP contribution in [0.15, 0.2) is 58.5 Å². The molecule has 32 heavy (non-hydrogen) atoms. The Labute approximate surface area is 188 Å². The van der Waals surface area contributed by atoms with Crippen molar-refractivity contribution in [2.24, 2.45) is 0 Å². The number of amides is 2. The van der Waals surface area contributed by atoms with E-state index in [2.05, 4.69) is 20.6 Å². The number of H-pyrrole nitrogens is 1. The number of nitrogens with one attached hydrogen (secondary N) is 3. The number of carbonyl (C=O) groups excluding carboxylic acids is 2. The highest BCUT2D eigenvalue weighted by Gasteiger charge is 2.35. The zero-order valence-corrected chi connectivity index (χ0v) is 18.4. The molecule has 9 heteroatoms. The fourth-order valence-corrected chi connectivity index (χ4v) is 4.26. The Morgan fingerprint density at radius 2 is 1.94 bits per heavy atom. The standard InChI is InChI=1S/C23H22N4O4S/c1-13-7-9-14(10-8-13)12-32-23-26-20-19(22(30)27-23)15(11-18(28)25-20)21(29)24-16-5-3-4-6-17(16)31-2/h3-10,15H,11-12H2,1-2H3,(H,24,29)(H2,25,26,27,28,30). The van der Waals surface area contributed by atoms with Gasteiger partial charge in [0, 0.05) is 12.2 Å². The molecule has 2 aromatic carbocycles. The molecule has 3 N–H and O–H groups in total. The minimum Gasteiger partial charge on any atom is -0.495 e. The number of anilines is 2. The Bertz CT molecular complexity index is 1220. The van der Waals surface area contributed by atoms with Crippen LogP contribution in [0, 0.1) is 6.92 Å². The summed E-state index contributed by atoms with van der Waals surface area (Å²) < 4.78 is 5.26. The van der Waals surface area contributed by atoms with Crippen LogP contribution in [-0.2, 0) is 15.3 Å². The highest BCUT2D eigenvalue weighted by atomic mass is 32.2. The van der Waals surface area contributed by atoms with Crippen molar-refractivity contribution in [1.82, 2.24) is 9.97 Å². The molecule has 3 aromatic rings. The number of aryl methyl sites for hydroxylation is 1. The molecule has 0 spiro atoms. The number of hydrogen-bond donors (Lipinski definition) is 3. The molecule has 0 fully saturated rings. The molecule has 1 aromatic heterocycles. The summed E-state index contributed by atoms with van der Waals surface area (Å²) in [5.74, 6) is -0.597. The Kier molecular flexibility index (Phi) is 6.27. The van der Waals surface area contributed by atoms with E-state index in [9.17, 15) is 14.4 Å². The van der Waals surface area contributed by atoms with Crippen LogP contribution in [0.1, 0.15) is 29.0 Å². The first-order valence-corrected chi connectivity index (χ1v) is 11.0. The number of thioether (sulfide) groups is 1. The smallest absolute Gasteiger partial charge is 0.257 e. The normalized spacial score (nSPS) is 14.9. The number of carbonyl (C=O) groups is 2. The van der Waals surface area contributed by atoms with Crippen LogP contribution in [0.2, 0.25) is 0 Å². The van der Waals surface area contributed by atoms with E-state index in [1.807, 2.05) is 31.2 Å². The second-order valence-corrected chi connectivity index (χ2v) is 8.37. The lowest BCUT2D eigenvalue weighted by Crippen LogP contribution is -2.36. The first-order valence-electron chi connectivity index (χ1n) is 10.0. The summed E-state index contributed by atoms with van der Waals surface area (Å²) in [5, 5.41) is 5.76. The van der Waals surface area contributed by atoms with Gasteiger partial charge in [-0.3, -0.25) is 14.4 Å². The van der Waals surface area contributed by atoms with Gasteiger partial charge in [-0.1, -0.05) is 53.7 Å². The summed E-state index contributed by atoms with van der Waals surface area (Å²) in [5.41, 5.74) is 2.42. The van der Waals surface area contributed by atoms with E-state index in [0.29, 0.717) is 22.3 Å². The predicted molar refractivity (Wildman–Crippen MR) is 123 cm³/mol. The molecular formula is C23H22N4O4S. The fourth-order valence-electron chi connectivity index (χ4n) is 3.45. The lowest BCUT2D eigenvalue weighted by Gasteiger charge is -2.23. The number of aromatic nitrogens is 2. The Hall–Kier alpha value is -3.59. The number of benzene rings is 2. The van der Waals surface area contributed by atoms with Crippen molar-refractivity contribution in [2.75, 3.05) is 17.7 Å². The van der Waals surface area contributed by atoms with Crippen LogP contribution in [0.4, 0.5) is 11.5 Å². The molecule has 4 rings (SSSR count). The topological polar surface area (TPSA) is 113 Å². The lowest BCUT2D eigenvalue weighted by atomic mass is 9.92. The van der Waals surface area contributed by atoms with Gasteiger partial charge in [0.25, 0.3) is 5.56 Å². The molecule has 164 valence electrons. The number of fused-ring (bicyclic) bond motifs is 1. The van der Waals surface area contributed by atoms with Crippen molar-refractivity contribution < 1.29 is 14.3 Å². The second kappa shape index (κ2) is 9.27. The predicted octanol–water partition coefficient (Wildman–Crippen LogP) is 3.44. The van der Waals surface area contributed by atoms with Crippen molar-refractivity contribution >= 4 is 35.1 Å². The number of hydrogen-bond acceptors (Lipinski definition) is 6. The van der Waals surface area contributed by atoms with Gasteiger partial charge in [0.2, 0.25) is 11.8 Å². The largest absolute Gasteiger partial charge is 0.495 e. The van der Waals surface area contributed by atoms with Gasteiger partial charge in [-0.15, -0.1) is 0 Å². The van der Waals surface area contributed by atoms with Gasteiger partial charge >= 0.3 is 0 Å². The maximum atomic E-state index is 13.0. The number of rotatable bonds is 6.